The van der Waals surface area contributed by atoms with E-state index < -0.39 is 6.10 Å². The number of carbonyl (C=O) groups excluding carboxylic acids is 2. The molecule has 0 spiro atoms. The van der Waals surface area contributed by atoms with Crippen molar-refractivity contribution in [2.75, 3.05) is 19.6 Å². The van der Waals surface area contributed by atoms with Gasteiger partial charge in [0, 0.05) is 23.1 Å². The molecule has 0 bridgehead atoms. The molecule has 2 N–H and O–H groups in total. The number of hydrogen-bond donors (Lipinski definition) is 2. The van der Waals surface area contributed by atoms with Gasteiger partial charge in [0.1, 0.15) is 0 Å². The number of nitrogens with zero attached hydrogens (tertiary/aromatic N) is 1. The summed E-state index contributed by atoms with van der Waals surface area (Å²) in [6.07, 6.45) is 1.08. The third kappa shape index (κ3) is 4.05. The summed E-state index contributed by atoms with van der Waals surface area (Å²) in [6.45, 7) is 0.951. The number of benzene rings is 1. The number of nitrogens with one attached hydrogen (secondary N) is 1. The Kier molecular flexibility index (Phi) is 5.14. The molecule has 1 aromatic rings. The first-order valence-corrected chi connectivity index (χ1v) is 7.35. The van der Waals surface area contributed by atoms with Crippen molar-refractivity contribution in [2.45, 2.75) is 18.9 Å². The molecule has 2 rings (SSSR count). The molecule has 2 amide bonds. The van der Waals surface area contributed by atoms with Gasteiger partial charge in [0.15, 0.2) is 0 Å². The zero-order valence-corrected chi connectivity index (χ0v) is 12.6. The molecule has 0 aliphatic carbocycles. The van der Waals surface area contributed by atoms with Gasteiger partial charge < -0.3 is 15.3 Å². The predicted octanol–water partition coefficient (Wildman–Crippen LogP) is 1.16. The number of aliphatic hydroxyl groups excluding tert-OH is 1. The van der Waals surface area contributed by atoms with Crippen LogP contribution in [0.15, 0.2) is 28.7 Å². The van der Waals surface area contributed by atoms with Crippen molar-refractivity contribution < 1.29 is 14.7 Å². The predicted molar refractivity (Wildman–Crippen MR) is 78.3 cm³/mol. The molecular formula is C14H17BrN2O3. The maximum absolute atomic E-state index is 11.9. The summed E-state index contributed by atoms with van der Waals surface area (Å²) in [7, 11) is 0. The molecule has 5 nitrogen and oxygen atoms in total. The molecule has 108 valence electrons. The average Bonchev–Trinajstić information content (AvgIpc) is 2.44. The number of carbonyl (C=O) groups is 2. The van der Waals surface area contributed by atoms with Crippen LogP contribution < -0.4 is 5.32 Å². The van der Waals surface area contributed by atoms with Crippen molar-refractivity contribution in [3.05, 3.63) is 34.3 Å². The van der Waals surface area contributed by atoms with E-state index in [4.69, 9.17) is 0 Å². The third-order valence-corrected chi connectivity index (χ3v) is 3.73. The Bertz CT molecular complexity index is 507. The molecule has 0 aromatic heterocycles. The van der Waals surface area contributed by atoms with Gasteiger partial charge in [0.25, 0.3) is 5.91 Å². The quantitative estimate of drug-likeness (QED) is 0.867. The van der Waals surface area contributed by atoms with E-state index in [0.29, 0.717) is 18.7 Å². The molecule has 1 aliphatic heterocycles. The minimum absolute atomic E-state index is 0.0436. The first kappa shape index (κ1) is 15.0. The summed E-state index contributed by atoms with van der Waals surface area (Å²) in [4.78, 5) is 25.4. The van der Waals surface area contributed by atoms with Crippen molar-refractivity contribution in [2.24, 2.45) is 0 Å². The maximum atomic E-state index is 11.9. The monoisotopic (exact) mass is 340 g/mol. The van der Waals surface area contributed by atoms with Crippen LogP contribution in [0.2, 0.25) is 0 Å². The van der Waals surface area contributed by atoms with Gasteiger partial charge in [-0.3, -0.25) is 9.59 Å². The Morgan fingerprint density at radius 2 is 2.25 bits per heavy atom. The first-order chi connectivity index (χ1) is 9.56. The highest BCUT2D eigenvalue weighted by atomic mass is 79.9. The fourth-order valence-corrected chi connectivity index (χ4v) is 2.58. The Hall–Kier alpha value is -1.40. The van der Waals surface area contributed by atoms with Crippen LogP contribution in [0.25, 0.3) is 0 Å². The summed E-state index contributed by atoms with van der Waals surface area (Å²) < 4.78 is 0.815. The second-order valence-electron chi connectivity index (χ2n) is 4.83. The minimum atomic E-state index is -0.450. The van der Waals surface area contributed by atoms with Crippen LogP contribution in [0.1, 0.15) is 23.2 Å². The molecule has 0 unspecified atom stereocenters. The Balaban J connectivity index is 1.85. The normalized spacial score (nSPS) is 18.7. The fourth-order valence-electron chi connectivity index (χ4n) is 2.18. The molecule has 6 heteroatoms. The summed E-state index contributed by atoms with van der Waals surface area (Å²) in [6, 6.07) is 6.98. The minimum Gasteiger partial charge on any atom is -0.391 e. The molecule has 0 radical (unpaired) electrons. The van der Waals surface area contributed by atoms with E-state index >= 15 is 0 Å². The van der Waals surface area contributed by atoms with Crippen molar-refractivity contribution in [3.8, 4) is 0 Å². The molecule has 1 heterocycles. The summed E-state index contributed by atoms with van der Waals surface area (Å²) in [5, 5.41) is 12.1. The van der Waals surface area contributed by atoms with Crippen LogP contribution in [0.4, 0.5) is 0 Å². The number of hydrogen-bond acceptors (Lipinski definition) is 3. The van der Waals surface area contributed by atoms with Crippen LogP contribution in [0.5, 0.6) is 0 Å². The van der Waals surface area contributed by atoms with Gasteiger partial charge in [-0.15, -0.1) is 0 Å². The van der Waals surface area contributed by atoms with E-state index in [1.54, 1.807) is 23.1 Å². The maximum Gasteiger partial charge on any atom is 0.251 e. The lowest BCUT2D eigenvalue weighted by molar-refractivity contribution is -0.133. The van der Waals surface area contributed by atoms with Gasteiger partial charge in [-0.05, 0) is 31.0 Å². The second-order valence-corrected chi connectivity index (χ2v) is 5.74. The van der Waals surface area contributed by atoms with E-state index in [1.165, 1.54) is 0 Å². The molecule has 1 saturated heterocycles. The Morgan fingerprint density at radius 3 is 2.95 bits per heavy atom. The highest BCUT2D eigenvalue weighted by Gasteiger charge is 2.22. The van der Waals surface area contributed by atoms with Crippen LogP contribution >= 0.6 is 15.9 Å². The number of rotatable bonds is 3. The zero-order chi connectivity index (χ0) is 14.5. The highest BCUT2D eigenvalue weighted by Crippen LogP contribution is 2.12. The van der Waals surface area contributed by atoms with Crippen molar-refractivity contribution in [3.63, 3.8) is 0 Å². The molecule has 1 aromatic carbocycles. The number of halogens is 1. The number of β-amino-alcohol motifs (C(OH)–C–C–N with tert-alkyl or cyclic N) is 1. The SMILES string of the molecule is O=C(NCC(=O)N1CCC[C@H](O)C1)c1cccc(Br)c1. The summed E-state index contributed by atoms with van der Waals surface area (Å²) >= 11 is 3.30. The molecule has 1 aliphatic rings. The standard InChI is InChI=1S/C14H17BrN2O3/c15-11-4-1-3-10(7-11)14(20)16-8-13(19)17-6-2-5-12(18)9-17/h1,3-4,7,12,18H,2,5-6,8-9H2,(H,16,20)/t12-/m0/s1. The van der Waals surface area contributed by atoms with Crippen LogP contribution in [-0.4, -0.2) is 47.6 Å². The Labute approximate surface area is 126 Å². The lowest BCUT2D eigenvalue weighted by atomic mass is 10.1. The smallest absolute Gasteiger partial charge is 0.251 e. The van der Waals surface area contributed by atoms with Gasteiger partial charge in [-0.2, -0.15) is 0 Å². The van der Waals surface area contributed by atoms with E-state index in [9.17, 15) is 14.7 Å². The lowest BCUT2D eigenvalue weighted by Crippen LogP contribution is -2.46. The molecular weight excluding hydrogens is 324 g/mol. The van der Waals surface area contributed by atoms with E-state index in [1.807, 2.05) is 6.07 Å². The Morgan fingerprint density at radius 1 is 1.45 bits per heavy atom. The van der Waals surface area contributed by atoms with Gasteiger partial charge in [0.05, 0.1) is 12.6 Å². The van der Waals surface area contributed by atoms with Crippen molar-refractivity contribution >= 4 is 27.7 Å². The summed E-state index contributed by atoms with van der Waals surface area (Å²) in [5.41, 5.74) is 0.505. The third-order valence-electron chi connectivity index (χ3n) is 3.24. The number of aliphatic hydroxyl groups is 1. The van der Waals surface area contributed by atoms with Gasteiger partial charge in [0.2, 0.25) is 5.91 Å². The van der Waals surface area contributed by atoms with Crippen LogP contribution in [0, 0.1) is 0 Å². The largest absolute Gasteiger partial charge is 0.391 e. The molecule has 20 heavy (non-hydrogen) atoms. The van der Waals surface area contributed by atoms with Gasteiger partial charge in [-0.1, -0.05) is 22.0 Å². The summed E-state index contributed by atoms with van der Waals surface area (Å²) in [5.74, 6) is -0.440. The van der Waals surface area contributed by atoms with Gasteiger partial charge in [-0.25, -0.2) is 0 Å². The zero-order valence-electron chi connectivity index (χ0n) is 11.0. The number of piperidine rings is 1. The number of amides is 2. The van der Waals surface area contributed by atoms with Crippen LogP contribution in [0.3, 0.4) is 0 Å². The van der Waals surface area contributed by atoms with E-state index in [0.717, 1.165) is 17.3 Å². The molecule has 0 saturated carbocycles. The topological polar surface area (TPSA) is 69.6 Å². The highest BCUT2D eigenvalue weighted by molar-refractivity contribution is 9.10. The number of likely N-dealkylation sites (tertiary alicyclic amines) is 1. The van der Waals surface area contributed by atoms with Gasteiger partial charge >= 0.3 is 0 Å². The van der Waals surface area contributed by atoms with Crippen molar-refractivity contribution in [1.29, 1.82) is 0 Å². The van der Waals surface area contributed by atoms with E-state index in [2.05, 4.69) is 21.2 Å². The van der Waals surface area contributed by atoms with Crippen LogP contribution in [-0.2, 0) is 4.79 Å². The van der Waals surface area contributed by atoms with Crippen molar-refractivity contribution in [1.82, 2.24) is 10.2 Å². The fraction of sp³-hybridized carbons (Fsp3) is 0.429. The first-order valence-electron chi connectivity index (χ1n) is 6.56. The second kappa shape index (κ2) is 6.85. The molecule has 1 atom stereocenters. The molecule has 1 fully saturated rings. The lowest BCUT2D eigenvalue weighted by Gasteiger charge is -2.30. The van der Waals surface area contributed by atoms with E-state index in [-0.39, 0.29) is 18.4 Å². The average molecular weight is 341 g/mol.